The fourth-order valence-electron chi connectivity index (χ4n) is 2.96. The second-order valence-electron chi connectivity index (χ2n) is 4.86. The molecule has 0 aliphatic heterocycles. The van der Waals surface area contributed by atoms with E-state index in [1.165, 1.54) is 32.1 Å². The van der Waals surface area contributed by atoms with Gasteiger partial charge in [-0.25, -0.2) is 0 Å². The predicted octanol–water partition coefficient (Wildman–Crippen LogP) is 4.41. The highest BCUT2D eigenvalue weighted by atomic mass is 14.3. The smallest absolute Gasteiger partial charge is 0.0994 e. The van der Waals surface area contributed by atoms with Gasteiger partial charge in [0.1, 0.15) is 0 Å². The fraction of sp³-hybridized carbons (Fsp3) is 0.438. The first kappa shape index (κ1) is 11.9. The van der Waals surface area contributed by atoms with Crippen molar-refractivity contribution in [2.75, 3.05) is 0 Å². The first-order valence-corrected chi connectivity index (χ1v) is 6.48. The van der Waals surface area contributed by atoms with E-state index in [2.05, 4.69) is 18.7 Å². The van der Waals surface area contributed by atoms with Gasteiger partial charge in [-0.1, -0.05) is 43.5 Å². The molecule has 1 saturated carbocycles. The molecule has 0 spiro atoms. The minimum atomic E-state index is 0.353. The van der Waals surface area contributed by atoms with Gasteiger partial charge in [0, 0.05) is 5.92 Å². The summed E-state index contributed by atoms with van der Waals surface area (Å²) in [5.74, 6) is 1.03. The van der Waals surface area contributed by atoms with E-state index in [0.29, 0.717) is 11.8 Å². The highest BCUT2D eigenvalue weighted by molar-refractivity contribution is 5.41. The standard InChI is InChI=1S/C16H19N/c1-2-15(13-8-4-3-5-9-13)16-11-7-6-10-14(16)12-17/h2,6-7,10-11,13,15H,1,3-5,8-9H2. The second kappa shape index (κ2) is 5.68. The van der Waals surface area contributed by atoms with Crippen molar-refractivity contribution < 1.29 is 0 Å². The Morgan fingerprint density at radius 1 is 1.24 bits per heavy atom. The molecular formula is C16H19N. The molecule has 0 amide bonds. The summed E-state index contributed by atoms with van der Waals surface area (Å²) in [5, 5.41) is 9.18. The van der Waals surface area contributed by atoms with Gasteiger partial charge in [-0.2, -0.15) is 5.26 Å². The fourth-order valence-corrected chi connectivity index (χ4v) is 2.96. The summed E-state index contributed by atoms with van der Waals surface area (Å²) in [6.45, 7) is 3.98. The summed E-state index contributed by atoms with van der Waals surface area (Å²) in [6, 6.07) is 10.3. The molecular weight excluding hydrogens is 206 g/mol. The molecule has 0 saturated heterocycles. The maximum atomic E-state index is 9.18. The van der Waals surface area contributed by atoms with Crippen LogP contribution in [0.2, 0.25) is 0 Å². The molecule has 1 atom stereocenters. The average molecular weight is 225 g/mol. The predicted molar refractivity (Wildman–Crippen MR) is 70.7 cm³/mol. The quantitative estimate of drug-likeness (QED) is 0.699. The summed E-state index contributed by atoms with van der Waals surface area (Å²) in [6.07, 6.45) is 8.59. The van der Waals surface area contributed by atoms with Gasteiger partial charge >= 0.3 is 0 Å². The lowest BCUT2D eigenvalue weighted by Gasteiger charge is -2.29. The van der Waals surface area contributed by atoms with Gasteiger partial charge in [0.2, 0.25) is 0 Å². The molecule has 2 rings (SSSR count). The number of nitriles is 1. The van der Waals surface area contributed by atoms with Gasteiger partial charge in [-0.05, 0) is 30.4 Å². The number of hydrogen-bond acceptors (Lipinski definition) is 1. The van der Waals surface area contributed by atoms with E-state index >= 15 is 0 Å². The minimum absolute atomic E-state index is 0.353. The molecule has 1 aliphatic rings. The SMILES string of the molecule is C=CC(c1ccccc1C#N)C1CCCCC1. The van der Waals surface area contributed by atoms with Gasteiger partial charge in [0.25, 0.3) is 0 Å². The molecule has 1 aliphatic carbocycles. The molecule has 0 bridgehead atoms. The number of rotatable bonds is 3. The molecule has 1 aromatic carbocycles. The van der Waals surface area contributed by atoms with Crippen LogP contribution in [0.25, 0.3) is 0 Å². The van der Waals surface area contributed by atoms with Crippen molar-refractivity contribution in [1.82, 2.24) is 0 Å². The maximum absolute atomic E-state index is 9.18. The highest BCUT2D eigenvalue weighted by Crippen LogP contribution is 2.37. The zero-order valence-corrected chi connectivity index (χ0v) is 10.2. The van der Waals surface area contributed by atoms with Gasteiger partial charge in [0.05, 0.1) is 11.6 Å². The minimum Gasteiger partial charge on any atom is -0.192 e. The van der Waals surface area contributed by atoms with Crippen LogP contribution in [-0.2, 0) is 0 Å². The molecule has 1 aromatic rings. The van der Waals surface area contributed by atoms with Crippen LogP contribution >= 0.6 is 0 Å². The Balaban J connectivity index is 2.28. The third-order valence-corrected chi connectivity index (χ3v) is 3.85. The highest BCUT2D eigenvalue weighted by Gasteiger charge is 2.24. The molecule has 1 fully saturated rings. The van der Waals surface area contributed by atoms with E-state index in [1.807, 2.05) is 24.3 Å². The van der Waals surface area contributed by atoms with Crippen LogP contribution in [0.15, 0.2) is 36.9 Å². The van der Waals surface area contributed by atoms with Gasteiger partial charge in [0.15, 0.2) is 0 Å². The van der Waals surface area contributed by atoms with Crippen LogP contribution in [0.1, 0.15) is 49.1 Å². The third-order valence-electron chi connectivity index (χ3n) is 3.85. The van der Waals surface area contributed by atoms with Gasteiger partial charge in [-0.3, -0.25) is 0 Å². The Labute approximate surface area is 104 Å². The van der Waals surface area contributed by atoms with Gasteiger partial charge < -0.3 is 0 Å². The van der Waals surface area contributed by atoms with Crippen molar-refractivity contribution in [3.63, 3.8) is 0 Å². The molecule has 1 unspecified atom stereocenters. The monoisotopic (exact) mass is 225 g/mol. The molecule has 0 heterocycles. The van der Waals surface area contributed by atoms with Crippen molar-refractivity contribution in [3.8, 4) is 6.07 Å². The molecule has 0 radical (unpaired) electrons. The van der Waals surface area contributed by atoms with Crippen molar-refractivity contribution >= 4 is 0 Å². The summed E-state index contributed by atoms with van der Waals surface area (Å²) < 4.78 is 0. The number of benzene rings is 1. The van der Waals surface area contributed by atoms with E-state index in [1.54, 1.807) is 0 Å². The van der Waals surface area contributed by atoms with Crippen LogP contribution in [0.3, 0.4) is 0 Å². The van der Waals surface area contributed by atoms with E-state index in [0.717, 1.165) is 11.1 Å². The summed E-state index contributed by atoms with van der Waals surface area (Å²) in [4.78, 5) is 0. The normalized spacial score (nSPS) is 18.3. The molecule has 17 heavy (non-hydrogen) atoms. The Hall–Kier alpha value is -1.55. The number of allylic oxidation sites excluding steroid dienone is 1. The van der Waals surface area contributed by atoms with Crippen LogP contribution in [0.5, 0.6) is 0 Å². The molecule has 1 nitrogen and oxygen atoms in total. The Kier molecular flexibility index (Phi) is 3.98. The zero-order valence-electron chi connectivity index (χ0n) is 10.2. The third kappa shape index (κ3) is 2.58. The van der Waals surface area contributed by atoms with Crippen molar-refractivity contribution in [1.29, 1.82) is 5.26 Å². The zero-order chi connectivity index (χ0) is 12.1. The second-order valence-corrected chi connectivity index (χ2v) is 4.86. The van der Waals surface area contributed by atoms with Crippen molar-refractivity contribution in [3.05, 3.63) is 48.0 Å². The van der Waals surface area contributed by atoms with E-state index < -0.39 is 0 Å². The average Bonchev–Trinajstić information content (AvgIpc) is 2.41. The Morgan fingerprint density at radius 2 is 1.94 bits per heavy atom. The molecule has 88 valence electrons. The largest absolute Gasteiger partial charge is 0.192 e. The van der Waals surface area contributed by atoms with Crippen LogP contribution in [-0.4, -0.2) is 0 Å². The van der Waals surface area contributed by atoms with Crippen molar-refractivity contribution in [2.24, 2.45) is 5.92 Å². The van der Waals surface area contributed by atoms with Gasteiger partial charge in [-0.15, -0.1) is 6.58 Å². The molecule has 0 aromatic heterocycles. The maximum Gasteiger partial charge on any atom is 0.0994 e. The Bertz CT molecular complexity index is 421. The number of hydrogen-bond donors (Lipinski definition) is 0. The Morgan fingerprint density at radius 3 is 2.59 bits per heavy atom. The molecule has 1 heteroatoms. The lowest BCUT2D eigenvalue weighted by Crippen LogP contribution is -2.15. The van der Waals surface area contributed by atoms with Crippen molar-refractivity contribution in [2.45, 2.75) is 38.0 Å². The van der Waals surface area contributed by atoms with E-state index in [9.17, 15) is 5.26 Å². The summed E-state index contributed by atoms with van der Waals surface area (Å²) in [5.41, 5.74) is 1.97. The number of nitrogens with zero attached hydrogens (tertiary/aromatic N) is 1. The van der Waals surface area contributed by atoms with Crippen LogP contribution in [0, 0.1) is 17.2 Å². The van der Waals surface area contributed by atoms with Crippen LogP contribution < -0.4 is 0 Å². The summed E-state index contributed by atoms with van der Waals surface area (Å²) >= 11 is 0. The van der Waals surface area contributed by atoms with E-state index in [-0.39, 0.29) is 0 Å². The topological polar surface area (TPSA) is 23.8 Å². The van der Waals surface area contributed by atoms with Crippen LogP contribution in [0.4, 0.5) is 0 Å². The first-order valence-electron chi connectivity index (χ1n) is 6.48. The van der Waals surface area contributed by atoms with E-state index in [4.69, 9.17) is 0 Å². The summed E-state index contributed by atoms with van der Waals surface area (Å²) in [7, 11) is 0. The first-order chi connectivity index (χ1) is 8.36. The lowest BCUT2D eigenvalue weighted by atomic mass is 9.76. The lowest BCUT2D eigenvalue weighted by molar-refractivity contribution is 0.332. The molecule has 0 N–H and O–H groups in total.